The predicted molar refractivity (Wildman–Crippen MR) is 165 cm³/mol. The van der Waals surface area contributed by atoms with Gasteiger partial charge in [-0.3, -0.25) is 9.59 Å². The largest absolute Gasteiger partial charge is 0.488 e. The van der Waals surface area contributed by atoms with Crippen LogP contribution in [-0.2, 0) is 39.7 Å². The maximum Gasteiger partial charge on any atom is 0.284 e. The molecule has 0 aliphatic heterocycles. The highest BCUT2D eigenvalue weighted by Gasteiger charge is 2.53. The van der Waals surface area contributed by atoms with Gasteiger partial charge in [0.25, 0.3) is 5.91 Å². The number of sulfonamides is 1. The Morgan fingerprint density at radius 2 is 1.83 bits per heavy atom. The zero-order valence-corrected chi connectivity index (χ0v) is 25.9. The molecular formula is C26H28N12O6S2. The van der Waals surface area contributed by atoms with E-state index in [0.29, 0.717) is 43.0 Å². The Bertz CT molecular complexity index is 1790. The number of benzene rings is 1. The van der Waals surface area contributed by atoms with Crippen molar-refractivity contribution in [3.8, 4) is 5.75 Å². The van der Waals surface area contributed by atoms with E-state index in [1.54, 1.807) is 41.5 Å². The van der Waals surface area contributed by atoms with Crippen LogP contribution in [0.2, 0.25) is 0 Å². The number of carbonyl (C=O) groups is 2. The third-order valence-corrected chi connectivity index (χ3v) is 9.21. The number of rotatable bonds is 18. The van der Waals surface area contributed by atoms with Gasteiger partial charge in [-0.15, -0.1) is 11.3 Å². The second-order valence-electron chi connectivity index (χ2n) is 9.99. The molecule has 1 aliphatic rings. The number of aryl methyl sites for hydroxylation is 1. The molecule has 2 heterocycles. The van der Waals surface area contributed by atoms with Crippen molar-refractivity contribution in [1.82, 2.24) is 14.6 Å². The van der Waals surface area contributed by atoms with E-state index in [-0.39, 0.29) is 42.8 Å². The van der Waals surface area contributed by atoms with Crippen molar-refractivity contribution in [3.63, 3.8) is 0 Å². The Labute approximate surface area is 266 Å². The molecule has 0 bridgehead atoms. The average Bonchev–Trinajstić information content (AvgIpc) is 3.48. The minimum Gasteiger partial charge on any atom is -0.488 e. The van der Waals surface area contributed by atoms with Crippen molar-refractivity contribution >= 4 is 33.2 Å². The highest BCUT2D eigenvalue weighted by molar-refractivity contribution is 7.90. The number of amides is 2. The molecule has 46 heavy (non-hydrogen) atoms. The fraction of sp³-hybridized carbons (Fsp3) is 0.423. The van der Waals surface area contributed by atoms with Crippen LogP contribution < -0.4 is 9.46 Å². The molecule has 18 nitrogen and oxygen atoms in total. The number of ether oxygens (including phenoxy) is 1. The lowest BCUT2D eigenvalue weighted by molar-refractivity contribution is -0.134. The Balaban J connectivity index is 1.58. The van der Waals surface area contributed by atoms with Crippen LogP contribution in [0.5, 0.6) is 5.75 Å². The van der Waals surface area contributed by atoms with Crippen LogP contribution in [0.3, 0.4) is 0 Å². The van der Waals surface area contributed by atoms with Gasteiger partial charge < -0.3 is 14.1 Å². The SMILES string of the molecule is [N-]=[N+]=NCCS(=O)(=O)NC(=O)c1nc(CN(CCCc2ccco2)C(=O)C2(c3ccc(OCN=[N+]=[N-])cc3)CC2)sc1CN=[N+]=[N-]. The first-order valence-corrected chi connectivity index (χ1v) is 16.3. The average molecular weight is 669 g/mol. The Kier molecular flexibility index (Phi) is 11.4. The normalized spacial score (nSPS) is 13.0. The van der Waals surface area contributed by atoms with Crippen LogP contribution in [0.4, 0.5) is 0 Å². The number of azide groups is 3. The summed E-state index contributed by atoms with van der Waals surface area (Å²) in [4.78, 5) is 41.2. The van der Waals surface area contributed by atoms with Gasteiger partial charge in [0, 0.05) is 39.1 Å². The maximum absolute atomic E-state index is 14.2. The van der Waals surface area contributed by atoms with Gasteiger partial charge in [0.15, 0.2) is 6.73 Å². The van der Waals surface area contributed by atoms with E-state index in [9.17, 15) is 18.0 Å². The summed E-state index contributed by atoms with van der Waals surface area (Å²) in [6, 6.07) is 10.6. The quantitative estimate of drug-likeness (QED) is 0.107. The van der Waals surface area contributed by atoms with E-state index in [1.165, 1.54) is 0 Å². The lowest BCUT2D eigenvalue weighted by atomic mass is 9.94. The number of hydrogen-bond donors (Lipinski definition) is 1. The van der Waals surface area contributed by atoms with E-state index in [0.717, 1.165) is 22.7 Å². The van der Waals surface area contributed by atoms with Crippen LogP contribution in [0, 0.1) is 0 Å². The summed E-state index contributed by atoms with van der Waals surface area (Å²) >= 11 is 1.03. The molecule has 0 radical (unpaired) electrons. The molecule has 1 saturated carbocycles. The van der Waals surface area contributed by atoms with Crippen LogP contribution in [-0.4, -0.2) is 55.7 Å². The van der Waals surface area contributed by atoms with Gasteiger partial charge in [-0.05, 0) is 65.7 Å². The summed E-state index contributed by atoms with van der Waals surface area (Å²) in [6.45, 7) is -0.470. The number of nitrogens with one attached hydrogen (secondary N) is 1. The van der Waals surface area contributed by atoms with Gasteiger partial charge in [-0.1, -0.05) is 27.5 Å². The minimum atomic E-state index is -4.16. The highest BCUT2D eigenvalue weighted by atomic mass is 32.2. The molecule has 2 aromatic heterocycles. The Morgan fingerprint density at radius 1 is 1.09 bits per heavy atom. The van der Waals surface area contributed by atoms with Crippen molar-refractivity contribution < 1.29 is 27.2 Å². The summed E-state index contributed by atoms with van der Waals surface area (Å²) < 4.78 is 37.4. The van der Waals surface area contributed by atoms with E-state index in [2.05, 4.69) is 35.1 Å². The first kappa shape index (κ1) is 33.6. The third kappa shape index (κ3) is 8.90. The van der Waals surface area contributed by atoms with Crippen LogP contribution in [0.15, 0.2) is 62.4 Å². The monoisotopic (exact) mass is 668 g/mol. The van der Waals surface area contributed by atoms with Gasteiger partial charge >= 0.3 is 0 Å². The van der Waals surface area contributed by atoms with Crippen LogP contribution in [0.1, 0.15) is 51.0 Å². The molecule has 2 amide bonds. The zero-order chi connectivity index (χ0) is 33.0. The number of furan rings is 1. The van der Waals surface area contributed by atoms with Crippen molar-refractivity contribution in [3.05, 3.63) is 101 Å². The molecule has 0 saturated heterocycles. The number of carbonyl (C=O) groups excluding carboxylic acids is 2. The summed E-state index contributed by atoms with van der Waals surface area (Å²) in [7, 11) is -4.16. The molecule has 0 unspecified atom stereocenters. The van der Waals surface area contributed by atoms with E-state index >= 15 is 0 Å². The molecule has 0 spiro atoms. The summed E-state index contributed by atoms with van der Waals surface area (Å²) in [6.07, 6.45) is 3.93. The fourth-order valence-corrected chi connectivity index (χ4v) is 6.46. The maximum atomic E-state index is 14.2. The molecular weight excluding hydrogens is 640 g/mol. The number of nitrogens with zero attached hydrogens (tertiary/aromatic N) is 11. The number of aromatic nitrogens is 1. The molecule has 1 fully saturated rings. The molecule has 1 aliphatic carbocycles. The summed E-state index contributed by atoms with van der Waals surface area (Å²) in [5.41, 5.74) is 25.5. The second kappa shape index (κ2) is 15.7. The Hall–Kier alpha value is -5.25. The first-order valence-electron chi connectivity index (χ1n) is 13.8. The molecule has 0 atom stereocenters. The van der Waals surface area contributed by atoms with Crippen LogP contribution >= 0.6 is 11.3 Å². The van der Waals surface area contributed by atoms with Crippen molar-refractivity contribution in [2.24, 2.45) is 15.3 Å². The minimum absolute atomic E-state index is 0.0109. The number of thiazole rings is 1. The van der Waals surface area contributed by atoms with Gasteiger partial charge in [0.2, 0.25) is 15.9 Å². The predicted octanol–water partition coefficient (Wildman–Crippen LogP) is 5.26. The third-order valence-electron chi connectivity index (χ3n) is 6.97. The smallest absolute Gasteiger partial charge is 0.284 e. The molecule has 3 aromatic rings. The van der Waals surface area contributed by atoms with Gasteiger partial charge in [-0.2, -0.15) is 0 Å². The topological polar surface area (TPSA) is 265 Å². The lowest BCUT2D eigenvalue weighted by Crippen LogP contribution is -2.39. The second-order valence-corrected chi connectivity index (χ2v) is 13.0. The van der Waals surface area contributed by atoms with Crippen molar-refractivity contribution in [1.29, 1.82) is 0 Å². The van der Waals surface area contributed by atoms with Crippen molar-refractivity contribution in [2.75, 3.05) is 25.6 Å². The van der Waals surface area contributed by atoms with Gasteiger partial charge in [0.1, 0.15) is 22.2 Å². The van der Waals surface area contributed by atoms with Gasteiger partial charge in [0.05, 0.1) is 30.5 Å². The molecule has 1 aromatic carbocycles. The molecule has 1 N–H and O–H groups in total. The zero-order valence-electron chi connectivity index (χ0n) is 24.3. The van der Waals surface area contributed by atoms with Crippen molar-refractivity contribution in [2.45, 2.75) is 44.2 Å². The number of hydrogen-bond acceptors (Lipinski definition) is 11. The highest BCUT2D eigenvalue weighted by Crippen LogP contribution is 2.50. The standard InChI is InChI=1S/C26H28N12O6S2/c27-35-30-11-14-46(41,42)34-24(39)23-21(15-31-36-28)45-22(33-23)16-38(12-1-3-19-4-2-13-43-19)25(40)26(9-10-26)18-5-7-20(8-6-18)44-17-32-37-29/h2,4-8,13H,1,3,9-12,14-17H2,(H,34,39). The summed E-state index contributed by atoms with van der Waals surface area (Å²) in [5, 5.41) is 10.4. The van der Waals surface area contributed by atoms with E-state index in [1.807, 2.05) is 10.8 Å². The van der Waals surface area contributed by atoms with Gasteiger partial charge in [-0.25, -0.2) is 18.1 Å². The summed E-state index contributed by atoms with van der Waals surface area (Å²) in [5.74, 6) is -0.560. The van der Waals surface area contributed by atoms with E-state index in [4.69, 9.17) is 25.7 Å². The molecule has 4 rings (SSSR count). The fourth-order valence-electron chi connectivity index (χ4n) is 4.66. The Morgan fingerprint density at radius 3 is 2.48 bits per heavy atom. The first-order chi connectivity index (χ1) is 22.2. The molecule has 20 heteroatoms. The van der Waals surface area contributed by atoms with E-state index < -0.39 is 27.1 Å². The lowest BCUT2D eigenvalue weighted by Gasteiger charge is -2.27. The molecule has 240 valence electrons. The van der Waals surface area contributed by atoms with Crippen LogP contribution in [0.25, 0.3) is 31.3 Å².